The largest absolute Gasteiger partial charge is 0.493 e. The number of benzene rings is 2. The molecule has 0 radical (unpaired) electrons. The lowest BCUT2D eigenvalue weighted by Crippen LogP contribution is -2.39. The van der Waals surface area contributed by atoms with E-state index in [1.807, 2.05) is 41.3 Å². The second-order valence-electron chi connectivity index (χ2n) is 5.82. The van der Waals surface area contributed by atoms with Gasteiger partial charge in [0, 0.05) is 18.5 Å². The molecule has 0 spiro atoms. The number of hydrogen-bond acceptors (Lipinski definition) is 3. The third kappa shape index (κ3) is 2.94. The first-order valence-corrected chi connectivity index (χ1v) is 8.20. The average molecular weight is 345 g/mol. The van der Waals surface area contributed by atoms with Crippen molar-refractivity contribution in [3.05, 3.63) is 58.1 Å². The zero-order chi connectivity index (χ0) is 17.3. The summed E-state index contributed by atoms with van der Waals surface area (Å²) in [4.78, 5) is 14.1. The van der Waals surface area contributed by atoms with Crippen LogP contribution in [0.1, 0.15) is 29.7 Å². The van der Waals surface area contributed by atoms with Gasteiger partial charge in [-0.3, -0.25) is 4.79 Å². The van der Waals surface area contributed by atoms with Gasteiger partial charge in [-0.1, -0.05) is 23.7 Å². The van der Waals surface area contributed by atoms with Gasteiger partial charge in [0.1, 0.15) is 0 Å². The molecule has 1 unspecified atom stereocenters. The summed E-state index contributed by atoms with van der Waals surface area (Å²) in [5.41, 5.74) is 3.27. The number of fused-ring (bicyclic) bond motifs is 1. The second kappa shape index (κ2) is 6.73. The number of rotatable bonds is 3. The molecule has 1 aliphatic heterocycles. The van der Waals surface area contributed by atoms with Crippen LogP contribution < -0.4 is 9.47 Å². The fourth-order valence-electron chi connectivity index (χ4n) is 3.29. The molecule has 0 aromatic heterocycles. The lowest BCUT2D eigenvalue weighted by Gasteiger charge is -2.37. The summed E-state index contributed by atoms with van der Waals surface area (Å²) in [5.74, 6) is 1.43. The van der Waals surface area contributed by atoms with Crippen molar-refractivity contribution in [3.8, 4) is 11.5 Å². The predicted molar refractivity (Wildman–Crippen MR) is 93.9 cm³/mol. The molecule has 0 saturated carbocycles. The van der Waals surface area contributed by atoms with Crippen LogP contribution in [0.2, 0.25) is 5.02 Å². The van der Waals surface area contributed by atoms with Gasteiger partial charge in [0.05, 0.1) is 20.3 Å². The van der Waals surface area contributed by atoms with E-state index >= 15 is 0 Å². The molecule has 0 N–H and O–H groups in total. The van der Waals surface area contributed by atoms with Crippen LogP contribution in [0.5, 0.6) is 11.5 Å². The van der Waals surface area contributed by atoms with E-state index in [0.29, 0.717) is 23.1 Å². The number of nitrogens with zero attached hydrogens (tertiary/aromatic N) is 1. The number of hydrogen-bond donors (Lipinski definition) is 0. The van der Waals surface area contributed by atoms with E-state index in [0.717, 1.165) is 17.5 Å². The molecule has 2 aromatic rings. The molecular weight excluding hydrogens is 325 g/mol. The third-order valence-corrected chi connectivity index (χ3v) is 4.72. The summed E-state index contributed by atoms with van der Waals surface area (Å²) in [7, 11) is 3.25. The first kappa shape index (κ1) is 16.7. The number of carbonyl (C=O) groups is 1. The standard InChI is InChI=1S/C19H20ClNO3/c1-12(22)21-9-8-14-10-17(23-2)18(24-3)11-16(14)19(21)13-4-6-15(20)7-5-13/h4-7,10-11,19H,8-9H2,1-3H3/i3-1. The second-order valence-corrected chi connectivity index (χ2v) is 6.26. The van der Waals surface area contributed by atoms with Crippen molar-refractivity contribution >= 4 is 17.5 Å². The van der Waals surface area contributed by atoms with Gasteiger partial charge in [-0.15, -0.1) is 0 Å². The van der Waals surface area contributed by atoms with Crippen LogP contribution in [0.4, 0.5) is 0 Å². The highest BCUT2D eigenvalue weighted by atomic mass is 35.5. The normalized spacial score (nSPS) is 16.5. The quantitative estimate of drug-likeness (QED) is 0.849. The maximum atomic E-state index is 12.2. The average Bonchev–Trinajstić information content (AvgIpc) is 2.60. The van der Waals surface area contributed by atoms with E-state index in [2.05, 4.69) is 0 Å². The Balaban J connectivity index is 2.16. The zero-order valence-corrected chi connectivity index (χ0v) is 14.8. The lowest BCUT2D eigenvalue weighted by molar-refractivity contribution is -0.130. The summed E-state index contributed by atoms with van der Waals surface area (Å²) in [6, 6.07) is 11.5. The Labute approximate surface area is 146 Å². The predicted octanol–water partition coefficient (Wildman–Crippen LogP) is 3.85. The van der Waals surface area contributed by atoms with Crippen molar-refractivity contribution in [1.82, 2.24) is 4.90 Å². The summed E-state index contributed by atoms with van der Waals surface area (Å²) >= 11 is 6.02. The maximum absolute atomic E-state index is 12.2. The molecule has 5 heteroatoms. The summed E-state index contributed by atoms with van der Waals surface area (Å²) in [5, 5.41) is 0.677. The van der Waals surface area contributed by atoms with Crippen LogP contribution in [0.25, 0.3) is 0 Å². The molecule has 1 amide bonds. The topological polar surface area (TPSA) is 38.8 Å². The van der Waals surface area contributed by atoms with Gasteiger partial charge >= 0.3 is 0 Å². The number of halogens is 1. The number of methoxy groups -OCH3 is 2. The fourth-order valence-corrected chi connectivity index (χ4v) is 3.42. The van der Waals surface area contributed by atoms with Gasteiger partial charge in [-0.2, -0.15) is 0 Å². The van der Waals surface area contributed by atoms with Gasteiger partial charge in [0.15, 0.2) is 11.5 Å². The van der Waals surface area contributed by atoms with Gasteiger partial charge in [-0.25, -0.2) is 0 Å². The summed E-state index contributed by atoms with van der Waals surface area (Å²) in [6.45, 7) is 2.28. The van der Waals surface area contributed by atoms with Gasteiger partial charge in [0.2, 0.25) is 5.91 Å². The number of carbonyl (C=O) groups excluding carboxylic acids is 1. The van der Waals surface area contributed by atoms with Crippen molar-refractivity contribution in [1.29, 1.82) is 0 Å². The Morgan fingerprint density at radius 1 is 1.12 bits per heavy atom. The maximum Gasteiger partial charge on any atom is 0.220 e. The van der Waals surface area contributed by atoms with E-state index in [9.17, 15) is 4.79 Å². The van der Waals surface area contributed by atoms with E-state index in [-0.39, 0.29) is 11.9 Å². The molecule has 1 heterocycles. The lowest BCUT2D eigenvalue weighted by atomic mass is 9.87. The molecule has 0 saturated heterocycles. The highest BCUT2D eigenvalue weighted by Gasteiger charge is 2.31. The highest BCUT2D eigenvalue weighted by Crippen LogP contribution is 2.41. The molecule has 1 aliphatic rings. The minimum absolute atomic E-state index is 0.0513. The van der Waals surface area contributed by atoms with Crippen molar-refractivity contribution in [2.75, 3.05) is 20.8 Å². The summed E-state index contributed by atoms with van der Waals surface area (Å²) in [6.07, 6.45) is 0.791. The van der Waals surface area contributed by atoms with Gasteiger partial charge in [0.25, 0.3) is 0 Å². The molecule has 3 rings (SSSR count). The molecule has 4 nitrogen and oxygen atoms in total. The zero-order valence-electron chi connectivity index (χ0n) is 14.0. The molecule has 0 fully saturated rings. The smallest absolute Gasteiger partial charge is 0.220 e. The van der Waals surface area contributed by atoms with Crippen LogP contribution in [0, 0.1) is 0 Å². The van der Waals surface area contributed by atoms with Gasteiger partial charge in [-0.05, 0) is 47.4 Å². The Morgan fingerprint density at radius 3 is 2.33 bits per heavy atom. The van der Waals surface area contributed by atoms with Crippen LogP contribution in [0.15, 0.2) is 36.4 Å². The van der Waals surface area contributed by atoms with Crippen LogP contribution in [-0.4, -0.2) is 31.6 Å². The monoisotopic (exact) mass is 344 g/mol. The fraction of sp³-hybridized carbons (Fsp3) is 0.316. The Hall–Kier alpha value is -2.20. The Morgan fingerprint density at radius 2 is 1.75 bits per heavy atom. The van der Waals surface area contributed by atoms with Crippen molar-refractivity contribution in [3.63, 3.8) is 0 Å². The molecule has 0 bridgehead atoms. The Kier molecular flexibility index (Phi) is 4.67. The van der Waals surface area contributed by atoms with Crippen molar-refractivity contribution < 1.29 is 14.3 Å². The van der Waals surface area contributed by atoms with Crippen molar-refractivity contribution in [2.45, 2.75) is 19.4 Å². The first-order valence-electron chi connectivity index (χ1n) is 7.82. The molecule has 1 atom stereocenters. The SMILES string of the molecule is COc1cc2c(cc1O[11CH3])C(c1ccc(Cl)cc1)N(C(C)=O)CC2. The van der Waals surface area contributed by atoms with E-state index in [1.165, 1.54) is 5.56 Å². The molecule has 2 aromatic carbocycles. The number of amides is 1. The third-order valence-electron chi connectivity index (χ3n) is 4.46. The minimum Gasteiger partial charge on any atom is -0.493 e. The van der Waals surface area contributed by atoms with Crippen molar-refractivity contribution in [2.24, 2.45) is 0 Å². The van der Waals surface area contributed by atoms with Crippen LogP contribution >= 0.6 is 11.6 Å². The highest BCUT2D eigenvalue weighted by molar-refractivity contribution is 6.30. The molecular formula is C19H20ClNO3. The van der Waals surface area contributed by atoms with Crippen LogP contribution in [-0.2, 0) is 11.2 Å². The van der Waals surface area contributed by atoms with Crippen LogP contribution in [0.3, 0.4) is 0 Å². The van der Waals surface area contributed by atoms with E-state index in [1.54, 1.807) is 21.1 Å². The minimum atomic E-state index is -0.150. The molecule has 126 valence electrons. The molecule has 24 heavy (non-hydrogen) atoms. The Bertz CT molecular complexity index is 758. The number of ether oxygens (including phenoxy) is 2. The first-order chi connectivity index (χ1) is 11.5. The van der Waals surface area contributed by atoms with Gasteiger partial charge < -0.3 is 14.4 Å². The van der Waals surface area contributed by atoms with E-state index < -0.39 is 0 Å². The summed E-state index contributed by atoms with van der Waals surface area (Å²) < 4.78 is 10.9. The van der Waals surface area contributed by atoms with E-state index in [4.69, 9.17) is 21.1 Å². The molecule has 0 aliphatic carbocycles.